The van der Waals surface area contributed by atoms with E-state index in [1.165, 1.54) is 0 Å². The highest BCUT2D eigenvalue weighted by atomic mass is 16.5. The standard InChI is InChI=1S/C14H24N2O2/c1-4-15-7-13-5-6-14(18-13)10-16-8-11(2)17-12(3)9-16/h5-6,11-12,15H,4,7-10H2,1-3H3. The molecule has 2 rings (SSSR count). The normalized spacial score (nSPS) is 25.5. The van der Waals surface area contributed by atoms with Crippen molar-refractivity contribution in [3.8, 4) is 0 Å². The van der Waals surface area contributed by atoms with Crippen LogP contribution in [0.2, 0.25) is 0 Å². The molecule has 0 radical (unpaired) electrons. The summed E-state index contributed by atoms with van der Waals surface area (Å²) in [6, 6.07) is 4.14. The molecule has 18 heavy (non-hydrogen) atoms. The van der Waals surface area contributed by atoms with Gasteiger partial charge >= 0.3 is 0 Å². The van der Waals surface area contributed by atoms with Gasteiger partial charge in [0.15, 0.2) is 0 Å². The molecule has 2 unspecified atom stereocenters. The summed E-state index contributed by atoms with van der Waals surface area (Å²) in [7, 11) is 0. The predicted octanol–water partition coefficient (Wildman–Crippen LogP) is 2.00. The summed E-state index contributed by atoms with van der Waals surface area (Å²) in [4.78, 5) is 2.40. The number of morpholine rings is 1. The van der Waals surface area contributed by atoms with E-state index in [2.05, 4.69) is 43.1 Å². The molecule has 4 nitrogen and oxygen atoms in total. The van der Waals surface area contributed by atoms with E-state index >= 15 is 0 Å². The Kier molecular flexibility index (Phi) is 4.80. The molecule has 0 amide bonds. The first kappa shape index (κ1) is 13.6. The zero-order valence-electron chi connectivity index (χ0n) is 11.6. The average Bonchev–Trinajstić information content (AvgIpc) is 2.72. The Bertz CT molecular complexity index is 354. The van der Waals surface area contributed by atoms with Crippen molar-refractivity contribution in [1.29, 1.82) is 0 Å². The van der Waals surface area contributed by atoms with Crippen molar-refractivity contribution in [1.82, 2.24) is 10.2 Å². The second-order valence-corrected chi connectivity index (χ2v) is 5.10. The van der Waals surface area contributed by atoms with Crippen molar-refractivity contribution in [2.24, 2.45) is 0 Å². The molecule has 1 aliphatic heterocycles. The van der Waals surface area contributed by atoms with Crippen LogP contribution < -0.4 is 5.32 Å². The lowest BCUT2D eigenvalue weighted by molar-refractivity contribution is -0.0718. The molecule has 102 valence electrons. The van der Waals surface area contributed by atoms with E-state index in [0.717, 1.165) is 44.2 Å². The zero-order valence-corrected chi connectivity index (χ0v) is 11.6. The number of rotatable bonds is 5. The van der Waals surface area contributed by atoms with Gasteiger partial charge in [0.05, 0.1) is 25.3 Å². The van der Waals surface area contributed by atoms with Gasteiger partial charge in [-0.1, -0.05) is 6.92 Å². The van der Waals surface area contributed by atoms with Crippen molar-refractivity contribution >= 4 is 0 Å². The van der Waals surface area contributed by atoms with E-state index in [0.29, 0.717) is 12.2 Å². The summed E-state index contributed by atoms with van der Waals surface area (Å²) in [5.41, 5.74) is 0. The van der Waals surface area contributed by atoms with Crippen LogP contribution in [0.1, 0.15) is 32.3 Å². The third kappa shape index (κ3) is 3.83. The van der Waals surface area contributed by atoms with Crippen LogP contribution in [0.15, 0.2) is 16.5 Å². The van der Waals surface area contributed by atoms with Gasteiger partial charge in [-0.2, -0.15) is 0 Å². The number of nitrogens with one attached hydrogen (secondary N) is 1. The minimum absolute atomic E-state index is 0.310. The Morgan fingerprint density at radius 3 is 2.56 bits per heavy atom. The Hall–Kier alpha value is -0.840. The lowest BCUT2D eigenvalue weighted by Gasteiger charge is -2.34. The van der Waals surface area contributed by atoms with Gasteiger partial charge in [-0.05, 0) is 32.5 Å². The van der Waals surface area contributed by atoms with E-state index in [-0.39, 0.29) is 0 Å². The van der Waals surface area contributed by atoms with Crippen LogP contribution in [0.5, 0.6) is 0 Å². The van der Waals surface area contributed by atoms with E-state index < -0.39 is 0 Å². The number of ether oxygens (including phenoxy) is 1. The monoisotopic (exact) mass is 252 g/mol. The first-order chi connectivity index (χ1) is 8.67. The van der Waals surface area contributed by atoms with Crippen LogP contribution in [-0.4, -0.2) is 36.7 Å². The summed E-state index contributed by atoms with van der Waals surface area (Å²) in [5.74, 6) is 2.06. The van der Waals surface area contributed by atoms with Crippen molar-refractivity contribution in [2.75, 3.05) is 19.6 Å². The van der Waals surface area contributed by atoms with Crippen LogP contribution in [0.25, 0.3) is 0 Å². The van der Waals surface area contributed by atoms with E-state index in [1.807, 2.05) is 0 Å². The number of hydrogen-bond acceptors (Lipinski definition) is 4. The summed E-state index contributed by atoms with van der Waals surface area (Å²) < 4.78 is 11.5. The van der Waals surface area contributed by atoms with Crippen LogP contribution in [0.3, 0.4) is 0 Å². The molecule has 0 saturated carbocycles. The molecule has 1 aromatic heterocycles. The lowest BCUT2D eigenvalue weighted by Crippen LogP contribution is -2.44. The molecule has 0 aliphatic carbocycles. The molecule has 0 bridgehead atoms. The maximum Gasteiger partial charge on any atom is 0.118 e. The highest BCUT2D eigenvalue weighted by molar-refractivity contribution is 5.07. The minimum Gasteiger partial charge on any atom is -0.463 e. The summed E-state index contributed by atoms with van der Waals surface area (Å²) in [6.45, 7) is 11.0. The predicted molar refractivity (Wildman–Crippen MR) is 71.4 cm³/mol. The molecule has 1 N–H and O–H groups in total. The molecule has 0 aromatic carbocycles. The van der Waals surface area contributed by atoms with Crippen LogP contribution in [0, 0.1) is 0 Å². The van der Waals surface area contributed by atoms with Gasteiger partial charge in [0.2, 0.25) is 0 Å². The quantitative estimate of drug-likeness (QED) is 0.870. The molecule has 4 heteroatoms. The minimum atomic E-state index is 0.310. The molecule has 1 aromatic rings. The topological polar surface area (TPSA) is 37.6 Å². The third-order valence-electron chi connectivity index (χ3n) is 3.14. The first-order valence-corrected chi connectivity index (χ1v) is 6.83. The molecular weight excluding hydrogens is 228 g/mol. The Labute approximate surface area is 109 Å². The smallest absolute Gasteiger partial charge is 0.118 e. The fraction of sp³-hybridized carbons (Fsp3) is 0.714. The number of hydrogen-bond donors (Lipinski definition) is 1. The third-order valence-corrected chi connectivity index (χ3v) is 3.14. The highest BCUT2D eigenvalue weighted by Gasteiger charge is 2.22. The van der Waals surface area contributed by atoms with Gasteiger partial charge in [0, 0.05) is 13.1 Å². The number of nitrogens with zero attached hydrogens (tertiary/aromatic N) is 1. The van der Waals surface area contributed by atoms with Gasteiger partial charge in [0.25, 0.3) is 0 Å². The highest BCUT2D eigenvalue weighted by Crippen LogP contribution is 2.16. The second-order valence-electron chi connectivity index (χ2n) is 5.10. The largest absolute Gasteiger partial charge is 0.463 e. The summed E-state index contributed by atoms with van der Waals surface area (Å²) in [6.07, 6.45) is 0.620. The number of furan rings is 1. The van der Waals surface area contributed by atoms with E-state index in [4.69, 9.17) is 9.15 Å². The van der Waals surface area contributed by atoms with Crippen molar-refractivity contribution in [3.05, 3.63) is 23.7 Å². The van der Waals surface area contributed by atoms with Crippen LogP contribution in [-0.2, 0) is 17.8 Å². The Morgan fingerprint density at radius 2 is 1.89 bits per heavy atom. The average molecular weight is 252 g/mol. The van der Waals surface area contributed by atoms with E-state index in [1.54, 1.807) is 0 Å². The lowest BCUT2D eigenvalue weighted by atomic mass is 10.2. The maximum absolute atomic E-state index is 5.81. The first-order valence-electron chi connectivity index (χ1n) is 6.83. The van der Waals surface area contributed by atoms with Crippen molar-refractivity contribution in [3.63, 3.8) is 0 Å². The fourth-order valence-electron chi connectivity index (χ4n) is 2.48. The molecule has 2 heterocycles. The Balaban J connectivity index is 1.86. The zero-order chi connectivity index (χ0) is 13.0. The maximum atomic E-state index is 5.81. The molecular formula is C14H24N2O2. The molecule has 1 fully saturated rings. The van der Waals surface area contributed by atoms with Gasteiger partial charge in [0.1, 0.15) is 11.5 Å². The van der Waals surface area contributed by atoms with Gasteiger partial charge < -0.3 is 14.5 Å². The van der Waals surface area contributed by atoms with Crippen molar-refractivity contribution < 1.29 is 9.15 Å². The summed E-state index contributed by atoms with van der Waals surface area (Å²) >= 11 is 0. The summed E-state index contributed by atoms with van der Waals surface area (Å²) in [5, 5.41) is 3.27. The second kappa shape index (κ2) is 6.36. The molecule has 1 saturated heterocycles. The Morgan fingerprint density at radius 1 is 1.22 bits per heavy atom. The molecule has 0 spiro atoms. The fourth-order valence-corrected chi connectivity index (χ4v) is 2.48. The SMILES string of the molecule is CCNCc1ccc(CN2CC(C)OC(C)C2)o1. The van der Waals surface area contributed by atoms with Gasteiger partial charge in [-0.15, -0.1) is 0 Å². The van der Waals surface area contributed by atoms with E-state index in [9.17, 15) is 0 Å². The van der Waals surface area contributed by atoms with Crippen LogP contribution in [0.4, 0.5) is 0 Å². The van der Waals surface area contributed by atoms with Gasteiger partial charge in [-0.3, -0.25) is 4.90 Å². The van der Waals surface area contributed by atoms with Crippen molar-refractivity contribution in [2.45, 2.75) is 46.1 Å². The van der Waals surface area contributed by atoms with Crippen LogP contribution >= 0.6 is 0 Å². The molecule has 2 atom stereocenters. The van der Waals surface area contributed by atoms with Gasteiger partial charge in [-0.25, -0.2) is 0 Å². The molecule has 1 aliphatic rings.